The Bertz CT molecular complexity index is 90.7. The first-order valence-electron chi connectivity index (χ1n) is 2.94. The van der Waals surface area contributed by atoms with Gasteiger partial charge in [-0.25, -0.2) is 0 Å². The second kappa shape index (κ2) is 38.6. The highest BCUT2D eigenvalue weighted by atomic mass is 16.1. The molecule has 0 N–H and O–H groups in total. The van der Waals surface area contributed by atoms with Crippen molar-refractivity contribution in [2.45, 2.75) is 6.92 Å². The van der Waals surface area contributed by atoms with Crippen LogP contribution in [0.25, 0.3) is 0 Å². The molecular formula is C9H14O2. The highest BCUT2D eigenvalue weighted by molar-refractivity contribution is 5.63. The number of allylic oxidation sites excluding steroid dienone is 3. The van der Waals surface area contributed by atoms with Gasteiger partial charge in [0.2, 0.25) is 0 Å². The number of aldehydes is 2. The molecule has 0 amide bonds. The lowest BCUT2D eigenvalue weighted by Crippen LogP contribution is -1.44. The van der Waals surface area contributed by atoms with E-state index in [4.69, 9.17) is 9.59 Å². The van der Waals surface area contributed by atoms with Crippen molar-refractivity contribution in [3.63, 3.8) is 0 Å². The van der Waals surface area contributed by atoms with Gasteiger partial charge < -0.3 is 0 Å². The number of rotatable bonds is 2. The molecule has 0 aromatic heterocycles. The Morgan fingerprint density at radius 1 is 0.909 bits per heavy atom. The fourth-order valence-corrected chi connectivity index (χ4v) is 0. The van der Waals surface area contributed by atoms with Gasteiger partial charge in [0.05, 0.1) is 0 Å². The maximum atomic E-state index is 9.06. The summed E-state index contributed by atoms with van der Waals surface area (Å²) in [6.45, 7) is 11.5. The minimum atomic E-state index is 0.639. The Hall–Kier alpha value is -1.44. The number of hydrogen-bond acceptors (Lipinski definition) is 2. The summed E-state index contributed by atoms with van der Waals surface area (Å²) in [7, 11) is 0. The summed E-state index contributed by atoms with van der Waals surface area (Å²) >= 11 is 0. The first kappa shape index (κ1) is 16.3. The van der Waals surface area contributed by atoms with Crippen LogP contribution in [-0.2, 0) is 9.59 Å². The van der Waals surface area contributed by atoms with Crippen LogP contribution >= 0.6 is 0 Å². The normalized spacial score (nSPS) is 4.82. The van der Waals surface area contributed by atoms with Crippen LogP contribution in [0.3, 0.4) is 0 Å². The number of carbonyl (C=O) groups is 2. The first-order chi connectivity index (χ1) is 5.24. The minimum Gasteiger partial charge on any atom is -0.299 e. The lowest BCUT2D eigenvalue weighted by Gasteiger charge is -1.37. The fraction of sp³-hybridized carbons (Fsp3) is 0.111. The average Bonchev–Trinajstić information content (AvgIpc) is 2.06. The Morgan fingerprint density at radius 2 is 1.00 bits per heavy atom. The van der Waals surface area contributed by atoms with Gasteiger partial charge in [0, 0.05) is 0 Å². The van der Waals surface area contributed by atoms with Crippen molar-refractivity contribution in [3.8, 4) is 0 Å². The molecule has 0 spiro atoms. The van der Waals surface area contributed by atoms with E-state index in [0.717, 1.165) is 0 Å². The molecule has 0 atom stereocenters. The number of hydrogen-bond donors (Lipinski definition) is 0. The quantitative estimate of drug-likeness (QED) is 0.346. The van der Waals surface area contributed by atoms with Crippen LogP contribution in [0.5, 0.6) is 0 Å². The van der Waals surface area contributed by atoms with E-state index in [1.807, 2.05) is 6.92 Å². The van der Waals surface area contributed by atoms with Crippen LogP contribution in [0.1, 0.15) is 6.92 Å². The Morgan fingerprint density at radius 3 is 1.00 bits per heavy atom. The molecule has 0 unspecified atom stereocenters. The van der Waals surface area contributed by atoms with Gasteiger partial charge in [0.15, 0.2) is 0 Å². The summed E-state index contributed by atoms with van der Waals surface area (Å²) in [5.74, 6) is 0. The van der Waals surface area contributed by atoms with E-state index < -0.39 is 0 Å². The van der Waals surface area contributed by atoms with Gasteiger partial charge in [-0.1, -0.05) is 19.2 Å². The molecule has 0 aliphatic rings. The molecule has 0 aromatic rings. The van der Waals surface area contributed by atoms with E-state index in [-0.39, 0.29) is 0 Å². The smallest absolute Gasteiger partial charge is 0.142 e. The summed E-state index contributed by atoms with van der Waals surface area (Å²) in [5.41, 5.74) is 0. The van der Waals surface area contributed by atoms with Crippen LogP contribution in [0.15, 0.2) is 38.0 Å². The maximum absolute atomic E-state index is 9.06. The molecule has 0 bridgehead atoms. The summed E-state index contributed by atoms with van der Waals surface area (Å²) in [5, 5.41) is 0. The van der Waals surface area contributed by atoms with Crippen molar-refractivity contribution >= 4 is 12.6 Å². The van der Waals surface area contributed by atoms with Crippen LogP contribution < -0.4 is 0 Å². The molecule has 11 heavy (non-hydrogen) atoms. The zero-order valence-corrected chi connectivity index (χ0v) is 6.82. The molecule has 0 radical (unpaired) electrons. The van der Waals surface area contributed by atoms with Crippen LogP contribution in [-0.4, -0.2) is 12.6 Å². The predicted octanol–water partition coefficient (Wildman–Crippen LogP) is 1.93. The molecule has 2 nitrogen and oxygen atoms in total. The number of carbonyl (C=O) groups excluding carboxylic acids is 2. The summed E-state index contributed by atoms with van der Waals surface area (Å²) in [6.07, 6.45) is 5.42. The van der Waals surface area contributed by atoms with Gasteiger partial charge in [-0.15, -0.1) is 6.58 Å². The Balaban J connectivity index is -0.0000000886. The first-order valence-corrected chi connectivity index (χ1v) is 2.94. The van der Waals surface area contributed by atoms with E-state index in [0.29, 0.717) is 12.6 Å². The molecule has 0 rings (SSSR count). The third-order valence-electron chi connectivity index (χ3n) is 0.192. The molecule has 0 saturated carbocycles. The molecule has 0 heterocycles. The maximum Gasteiger partial charge on any atom is 0.142 e. The summed E-state index contributed by atoms with van der Waals surface area (Å²) in [4.78, 5) is 18.1. The summed E-state index contributed by atoms with van der Waals surface area (Å²) < 4.78 is 0. The lowest BCUT2D eigenvalue weighted by atomic mass is 10.8. The van der Waals surface area contributed by atoms with Gasteiger partial charge in [0.25, 0.3) is 0 Å². The second-order valence-corrected chi connectivity index (χ2v) is 1.15. The second-order valence-electron chi connectivity index (χ2n) is 1.15. The van der Waals surface area contributed by atoms with Gasteiger partial charge in [-0.3, -0.25) is 9.59 Å². The van der Waals surface area contributed by atoms with Crippen LogP contribution in [0, 0.1) is 0 Å². The topological polar surface area (TPSA) is 34.1 Å². The van der Waals surface area contributed by atoms with Crippen molar-refractivity contribution in [2.24, 2.45) is 0 Å². The Labute approximate surface area is 67.9 Å². The molecule has 0 aromatic carbocycles. The van der Waals surface area contributed by atoms with Crippen LogP contribution in [0.4, 0.5) is 0 Å². The van der Waals surface area contributed by atoms with Gasteiger partial charge in [-0.2, -0.15) is 0 Å². The van der Waals surface area contributed by atoms with E-state index in [9.17, 15) is 0 Å². The van der Waals surface area contributed by atoms with E-state index in [2.05, 4.69) is 19.7 Å². The van der Waals surface area contributed by atoms with Gasteiger partial charge in [-0.05, 0) is 19.1 Å². The minimum absolute atomic E-state index is 0.639. The zero-order valence-electron chi connectivity index (χ0n) is 6.82. The van der Waals surface area contributed by atoms with Gasteiger partial charge in [0.1, 0.15) is 12.6 Å². The largest absolute Gasteiger partial charge is 0.299 e. The highest BCUT2D eigenvalue weighted by Gasteiger charge is 1.38. The van der Waals surface area contributed by atoms with E-state index in [1.54, 1.807) is 6.08 Å². The average molecular weight is 154 g/mol. The monoisotopic (exact) mass is 154 g/mol. The predicted molar refractivity (Wildman–Crippen MR) is 48.4 cm³/mol. The molecule has 0 fully saturated rings. The van der Waals surface area contributed by atoms with E-state index in [1.165, 1.54) is 12.2 Å². The highest BCUT2D eigenvalue weighted by Crippen LogP contribution is 1.38. The van der Waals surface area contributed by atoms with Crippen molar-refractivity contribution in [1.29, 1.82) is 0 Å². The van der Waals surface area contributed by atoms with Crippen molar-refractivity contribution < 1.29 is 9.59 Å². The van der Waals surface area contributed by atoms with E-state index >= 15 is 0 Å². The van der Waals surface area contributed by atoms with Crippen LogP contribution in [0.2, 0.25) is 0 Å². The Kier molecular flexibility index (Phi) is 57.1. The molecule has 2 heteroatoms. The molecule has 0 aliphatic heterocycles. The van der Waals surface area contributed by atoms with Crippen molar-refractivity contribution in [1.82, 2.24) is 0 Å². The standard InChI is InChI=1S/2C3H4O.C3H6/c2*1-2-3-4;1-3-2/h2*2-3H,1H2;3H,1H2,2H3. The summed E-state index contributed by atoms with van der Waals surface area (Å²) in [6, 6.07) is 0. The molecule has 0 saturated heterocycles. The molecular weight excluding hydrogens is 140 g/mol. The van der Waals surface area contributed by atoms with Crippen molar-refractivity contribution in [3.05, 3.63) is 38.0 Å². The molecule has 62 valence electrons. The third kappa shape index (κ3) is 1170. The third-order valence-corrected chi connectivity index (χ3v) is 0.192. The van der Waals surface area contributed by atoms with Gasteiger partial charge >= 0.3 is 0 Å². The fourth-order valence-electron chi connectivity index (χ4n) is 0. The SMILES string of the molecule is C=CC.C=CC=O.C=CC=O. The zero-order chi connectivity index (χ0) is 9.54. The molecule has 0 aliphatic carbocycles. The lowest BCUT2D eigenvalue weighted by molar-refractivity contribution is -0.104. The van der Waals surface area contributed by atoms with Crippen molar-refractivity contribution in [2.75, 3.05) is 0 Å².